The highest BCUT2D eigenvalue weighted by Gasteiger charge is 2.26. The van der Waals surface area contributed by atoms with Crippen LogP contribution in [-0.2, 0) is 0 Å². The summed E-state index contributed by atoms with van der Waals surface area (Å²) in [7, 11) is 1.71. The molecular formula is C18H18OS. The Morgan fingerprint density at radius 1 is 1.05 bits per heavy atom. The maximum Gasteiger partial charge on any atom is 0.118 e. The van der Waals surface area contributed by atoms with E-state index in [1.807, 2.05) is 23.9 Å². The van der Waals surface area contributed by atoms with Crippen LogP contribution in [0.5, 0.6) is 5.75 Å². The summed E-state index contributed by atoms with van der Waals surface area (Å²) in [5.74, 6) is 1.65. The second-order valence-corrected chi connectivity index (χ2v) is 5.95. The van der Waals surface area contributed by atoms with Gasteiger partial charge in [-0.25, -0.2) is 0 Å². The van der Waals surface area contributed by atoms with Gasteiger partial charge in [0.15, 0.2) is 0 Å². The standard InChI is InChI=1S/C18H18OS/c1-19-16-11-9-15(10-12-16)18(14-7-8-14)13-20-17-5-3-2-4-6-17/h2-6,9-14H,7-8H2,1H3/b18-13-. The van der Waals surface area contributed by atoms with Gasteiger partial charge < -0.3 is 4.74 Å². The van der Waals surface area contributed by atoms with Crippen LogP contribution in [-0.4, -0.2) is 7.11 Å². The van der Waals surface area contributed by atoms with Crippen molar-refractivity contribution < 1.29 is 4.74 Å². The Morgan fingerprint density at radius 2 is 1.75 bits per heavy atom. The van der Waals surface area contributed by atoms with E-state index >= 15 is 0 Å². The fourth-order valence-electron chi connectivity index (χ4n) is 2.21. The summed E-state index contributed by atoms with van der Waals surface area (Å²) in [4.78, 5) is 1.29. The zero-order valence-electron chi connectivity index (χ0n) is 11.6. The second-order valence-electron chi connectivity index (χ2n) is 5.01. The third-order valence-electron chi connectivity index (χ3n) is 3.51. The molecular weight excluding hydrogens is 264 g/mol. The van der Waals surface area contributed by atoms with E-state index in [0.717, 1.165) is 11.7 Å². The highest BCUT2D eigenvalue weighted by molar-refractivity contribution is 8.02. The van der Waals surface area contributed by atoms with E-state index in [-0.39, 0.29) is 0 Å². The summed E-state index contributed by atoms with van der Waals surface area (Å²) in [6, 6.07) is 18.9. The highest BCUT2D eigenvalue weighted by Crippen LogP contribution is 2.43. The first kappa shape index (κ1) is 13.3. The summed E-state index contributed by atoms with van der Waals surface area (Å²) in [5.41, 5.74) is 2.78. The average molecular weight is 282 g/mol. The minimum Gasteiger partial charge on any atom is -0.497 e. The molecule has 1 fully saturated rings. The molecule has 0 radical (unpaired) electrons. The topological polar surface area (TPSA) is 9.23 Å². The molecule has 0 N–H and O–H groups in total. The van der Waals surface area contributed by atoms with Crippen LogP contribution in [0.4, 0.5) is 0 Å². The number of thioether (sulfide) groups is 1. The minimum absolute atomic E-state index is 0.736. The lowest BCUT2D eigenvalue weighted by Gasteiger charge is -2.08. The Bertz CT molecular complexity index is 583. The largest absolute Gasteiger partial charge is 0.497 e. The van der Waals surface area contributed by atoms with Gasteiger partial charge in [0.1, 0.15) is 5.75 Å². The molecule has 2 aromatic carbocycles. The molecule has 0 heterocycles. The molecule has 20 heavy (non-hydrogen) atoms. The molecule has 1 aliphatic carbocycles. The quantitative estimate of drug-likeness (QED) is 0.694. The third kappa shape index (κ3) is 3.26. The molecule has 0 unspecified atom stereocenters. The Balaban J connectivity index is 1.81. The highest BCUT2D eigenvalue weighted by atomic mass is 32.2. The van der Waals surface area contributed by atoms with Crippen molar-refractivity contribution in [1.29, 1.82) is 0 Å². The smallest absolute Gasteiger partial charge is 0.118 e. The first-order chi connectivity index (χ1) is 9.86. The van der Waals surface area contributed by atoms with Gasteiger partial charge in [-0.05, 0) is 59.6 Å². The lowest BCUT2D eigenvalue weighted by atomic mass is 10.0. The maximum absolute atomic E-state index is 5.23. The molecule has 2 aromatic rings. The van der Waals surface area contributed by atoms with Gasteiger partial charge in [0.05, 0.1) is 7.11 Å². The van der Waals surface area contributed by atoms with E-state index in [0.29, 0.717) is 0 Å². The summed E-state index contributed by atoms with van der Waals surface area (Å²) in [5, 5.41) is 2.31. The van der Waals surface area contributed by atoms with Crippen LogP contribution in [0.2, 0.25) is 0 Å². The van der Waals surface area contributed by atoms with Crippen molar-refractivity contribution in [1.82, 2.24) is 0 Å². The van der Waals surface area contributed by atoms with Crippen LogP contribution >= 0.6 is 11.8 Å². The van der Waals surface area contributed by atoms with E-state index in [2.05, 4.69) is 47.9 Å². The van der Waals surface area contributed by atoms with Gasteiger partial charge in [-0.15, -0.1) is 0 Å². The number of rotatable bonds is 5. The zero-order chi connectivity index (χ0) is 13.8. The monoisotopic (exact) mass is 282 g/mol. The third-order valence-corrected chi connectivity index (χ3v) is 4.42. The van der Waals surface area contributed by atoms with Crippen molar-refractivity contribution in [3.05, 3.63) is 65.6 Å². The lowest BCUT2D eigenvalue weighted by Crippen LogP contribution is -1.88. The van der Waals surface area contributed by atoms with E-state index in [1.54, 1.807) is 7.11 Å². The van der Waals surface area contributed by atoms with Crippen LogP contribution in [0.1, 0.15) is 18.4 Å². The van der Waals surface area contributed by atoms with Crippen LogP contribution in [0.25, 0.3) is 5.57 Å². The van der Waals surface area contributed by atoms with Crippen molar-refractivity contribution in [2.75, 3.05) is 7.11 Å². The lowest BCUT2D eigenvalue weighted by molar-refractivity contribution is 0.415. The second kappa shape index (κ2) is 6.19. The molecule has 3 rings (SSSR count). The number of benzene rings is 2. The molecule has 102 valence electrons. The Morgan fingerprint density at radius 3 is 2.35 bits per heavy atom. The molecule has 0 aliphatic heterocycles. The summed E-state index contributed by atoms with van der Waals surface area (Å²) < 4.78 is 5.23. The van der Waals surface area contributed by atoms with Gasteiger partial charge in [0, 0.05) is 4.90 Å². The predicted octanol–water partition coefficient (Wildman–Crippen LogP) is 5.24. The summed E-state index contributed by atoms with van der Waals surface area (Å²) in [6.07, 6.45) is 2.63. The Kier molecular flexibility index (Phi) is 4.12. The molecule has 0 atom stereocenters. The van der Waals surface area contributed by atoms with Crippen molar-refractivity contribution in [3.8, 4) is 5.75 Å². The van der Waals surface area contributed by atoms with Gasteiger partial charge in [-0.1, -0.05) is 42.1 Å². The van der Waals surface area contributed by atoms with E-state index in [1.165, 1.54) is 28.9 Å². The molecule has 0 saturated heterocycles. The Hall–Kier alpha value is -1.67. The molecule has 0 amide bonds. The van der Waals surface area contributed by atoms with Gasteiger partial charge in [0.25, 0.3) is 0 Å². The molecule has 0 bridgehead atoms. The fraction of sp³-hybridized carbons (Fsp3) is 0.222. The predicted molar refractivity (Wildman–Crippen MR) is 86.0 cm³/mol. The van der Waals surface area contributed by atoms with Crippen LogP contribution in [0, 0.1) is 5.92 Å². The molecule has 1 aliphatic rings. The maximum atomic E-state index is 5.23. The molecule has 0 spiro atoms. The fourth-order valence-corrected chi connectivity index (χ4v) is 3.11. The van der Waals surface area contributed by atoms with E-state index in [9.17, 15) is 0 Å². The summed E-state index contributed by atoms with van der Waals surface area (Å²) in [6.45, 7) is 0. The van der Waals surface area contributed by atoms with Crippen molar-refractivity contribution in [3.63, 3.8) is 0 Å². The van der Waals surface area contributed by atoms with Gasteiger partial charge in [0.2, 0.25) is 0 Å². The molecule has 0 aromatic heterocycles. The van der Waals surface area contributed by atoms with Crippen molar-refractivity contribution in [2.24, 2.45) is 5.92 Å². The molecule has 1 saturated carbocycles. The normalized spacial score (nSPS) is 15.2. The zero-order valence-corrected chi connectivity index (χ0v) is 12.4. The van der Waals surface area contributed by atoms with Crippen LogP contribution in [0.3, 0.4) is 0 Å². The number of ether oxygens (including phenoxy) is 1. The number of hydrogen-bond donors (Lipinski definition) is 0. The molecule has 2 heteroatoms. The number of allylic oxidation sites excluding steroid dienone is 1. The van der Waals surface area contributed by atoms with Gasteiger partial charge in [-0.3, -0.25) is 0 Å². The van der Waals surface area contributed by atoms with Crippen LogP contribution in [0.15, 0.2) is 64.9 Å². The van der Waals surface area contributed by atoms with Crippen LogP contribution < -0.4 is 4.74 Å². The average Bonchev–Trinajstić information content (AvgIpc) is 3.34. The van der Waals surface area contributed by atoms with Crippen molar-refractivity contribution >= 4 is 17.3 Å². The number of hydrogen-bond acceptors (Lipinski definition) is 2. The SMILES string of the molecule is COc1ccc(/C(=C\Sc2ccccc2)C2CC2)cc1. The first-order valence-electron chi connectivity index (χ1n) is 6.93. The minimum atomic E-state index is 0.736. The van der Waals surface area contributed by atoms with E-state index < -0.39 is 0 Å². The van der Waals surface area contributed by atoms with Gasteiger partial charge >= 0.3 is 0 Å². The first-order valence-corrected chi connectivity index (χ1v) is 7.81. The Labute approximate surface area is 124 Å². The van der Waals surface area contributed by atoms with E-state index in [4.69, 9.17) is 4.74 Å². The van der Waals surface area contributed by atoms with Gasteiger partial charge in [-0.2, -0.15) is 0 Å². The van der Waals surface area contributed by atoms with Crippen molar-refractivity contribution in [2.45, 2.75) is 17.7 Å². The number of methoxy groups -OCH3 is 1. The molecule has 1 nitrogen and oxygen atoms in total. The summed E-state index contributed by atoms with van der Waals surface area (Å²) >= 11 is 1.81.